The lowest BCUT2D eigenvalue weighted by Crippen LogP contribution is -2.15. The molecule has 0 atom stereocenters. The van der Waals surface area contributed by atoms with Crippen molar-refractivity contribution in [1.29, 1.82) is 5.41 Å². The Morgan fingerprint density at radius 1 is 1.06 bits per heavy atom. The fraction of sp³-hybridized carbons (Fsp3) is 0.292. The number of hydrogen-bond donors (Lipinski definition) is 2. The summed E-state index contributed by atoms with van der Waals surface area (Å²) in [4.78, 5) is 24.8. The van der Waals surface area contributed by atoms with Gasteiger partial charge in [0.05, 0.1) is 30.5 Å². The van der Waals surface area contributed by atoms with Crippen LogP contribution in [0.25, 0.3) is 0 Å². The highest BCUT2D eigenvalue weighted by molar-refractivity contribution is 8.17. The third-order valence-electron chi connectivity index (χ3n) is 4.16. The lowest BCUT2D eigenvalue weighted by Gasteiger charge is -2.12. The minimum Gasteiger partial charge on any atom is -0.497 e. The zero-order chi connectivity index (χ0) is 23.4. The van der Waals surface area contributed by atoms with Gasteiger partial charge in [-0.1, -0.05) is 44.3 Å². The van der Waals surface area contributed by atoms with E-state index in [9.17, 15) is 9.59 Å². The summed E-state index contributed by atoms with van der Waals surface area (Å²) in [6, 6.07) is 12.2. The topological polar surface area (TPSA) is 88.5 Å². The van der Waals surface area contributed by atoms with Crippen LogP contribution in [0.2, 0.25) is 0 Å². The van der Waals surface area contributed by atoms with Crippen LogP contribution in [-0.2, 0) is 9.53 Å². The summed E-state index contributed by atoms with van der Waals surface area (Å²) in [5.74, 6) is -0.00813. The van der Waals surface area contributed by atoms with E-state index in [-0.39, 0.29) is 12.3 Å². The molecule has 2 aromatic rings. The maximum absolute atomic E-state index is 12.3. The number of hydrogen-bond acceptors (Lipinski definition) is 6. The molecule has 0 radical (unpaired) electrons. The van der Waals surface area contributed by atoms with Crippen molar-refractivity contribution in [3.8, 4) is 5.75 Å². The van der Waals surface area contributed by atoms with E-state index in [0.717, 1.165) is 16.9 Å². The highest BCUT2D eigenvalue weighted by Gasteiger charge is 2.14. The number of thioether (sulfide) groups is 1. The Bertz CT molecular complexity index is 941. The normalized spacial score (nSPS) is 9.71. The van der Waals surface area contributed by atoms with Crippen LogP contribution in [0.15, 0.2) is 53.9 Å². The van der Waals surface area contributed by atoms with E-state index < -0.39 is 5.97 Å². The molecule has 31 heavy (non-hydrogen) atoms. The number of rotatable bonds is 8. The van der Waals surface area contributed by atoms with Crippen LogP contribution < -0.4 is 10.1 Å². The Labute approximate surface area is 188 Å². The van der Waals surface area contributed by atoms with Crippen LogP contribution in [0.3, 0.4) is 0 Å². The Hall–Kier alpha value is -3.06. The smallest absolute Gasteiger partial charge is 0.339 e. The van der Waals surface area contributed by atoms with Crippen LogP contribution in [0.5, 0.6) is 5.75 Å². The predicted octanol–water partition coefficient (Wildman–Crippen LogP) is 5.81. The van der Waals surface area contributed by atoms with Gasteiger partial charge in [0.2, 0.25) is 5.91 Å². The van der Waals surface area contributed by atoms with Crippen molar-refractivity contribution in [2.45, 2.75) is 33.6 Å². The van der Waals surface area contributed by atoms with Crippen molar-refractivity contribution >= 4 is 34.4 Å². The molecule has 0 fully saturated rings. The number of anilines is 1. The second kappa shape index (κ2) is 13.3. The van der Waals surface area contributed by atoms with Crippen molar-refractivity contribution in [3.05, 3.63) is 70.6 Å². The quantitative estimate of drug-likeness (QED) is 0.306. The van der Waals surface area contributed by atoms with Crippen molar-refractivity contribution < 1.29 is 19.1 Å². The Kier molecular flexibility index (Phi) is 11.1. The van der Waals surface area contributed by atoms with Crippen LogP contribution in [-0.4, -0.2) is 31.1 Å². The molecule has 0 aliphatic carbocycles. The molecule has 6 nitrogen and oxygen atoms in total. The highest BCUT2D eigenvalue weighted by Crippen LogP contribution is 2.27. The Morgan fingerprint density at radius 3 is 2.35 bits per heavy atom. The molecule has 7 heteroatoms. The zero-order valence-corrected chi connectivity index (χ0v) is 19.5. The molecule has 0 aromatic heterocycles. The maximum atomic E-state index is 12.3. The molecule has 2 rings (SSSR count). The zero-order valence-electron chi connectivity index (χ0n) is 18.7. The molecular formula is C24H30N2O4S. The van der Waals surface area contributed by atoms with Crippen LogP contribution in [0.1, 0.15) is 48.2 Å². The molecule has 0 aliphatic rings. The van der Waals surface area contributed by atoms with Crippen molar-refractivity contribution in [1.82, 2.24) is 0 Å². The summed E-state index contributed by atoms with van der Waals surface area (Å²) in [7, 11) is 2.90. The van der Waals surface area contributed by atoms with Gasteiger partial charge < -0.3 is 14.8 Å². The molecule has 0 heterocycles. The number of allylic oxidation sites excluding steroid dienone is 1. The molecule has 166 valence electrons. The molecule has 2 N–H and O–H groups in total. The van der Waals surface area contributed by atoms with Gasteiger partial charge in [-0.3, -0.25) is 10.2 Å². The van der Waals surface area contributed by atoms with Crippen LogP contribution in [0.4, 0.5) is 5.69 Å². The molecule has 1 amide bonds. The number of benzene rings is 2. The van der Waals surface area contributed by atoms with Gasteiger partial charge in [-0.2, -0.15) is 0 Å². The Morgan fingerprint density at radius 2 is 1.74 bits per heavy atom. The number of nitrogens with one attached hydrogen (secondary N) is 2. The number of carbonyl (C=O) groups excluding carboxylic acids is 2. The summed E-state index contributed by atoms with van der Waals surface area (Å²) < 4.78 is 9.91. The van der Waals surface area contributed by atoms with Crippen molar-refractivity contribution in [2.75, 3.05) is 19.5 Å². The fourth-order valence-corrected chi connectivity index (χ4v) is 3.45. The van der Waals surface area contributed by atoms with Gasteiger partial charge in [-0.05, 0) is 54.1 Å². The Balaban J connectivity index is 0.00000233. The molecule has 0 saturated heterocycles. The van der Waals surface area contributed by atoms with E-state index in [1.54, 1.807) is 31.4 Å². The number of carbonyl (C=O) groups is 2. The number of esters is 1. The predicted molar refractivity (Wildman–Crippen MR) is 128 cm³/mol. The molecule has 0 spiro atoms. The van der Waals surface area contributed by atoms with Gasteiger partial charge in [0.25, 0.3) is 0 Å². The number of aryl methyl sites for hydroxylation is 1. The van der Waals surface area contributed by atoms with Gasteiger partial charge in [0, 0.05) is 12.0 Å². The number of methoxy groups -OCH3 is 2. The monoisotopic (exact) mass is 442 g/mol. The molecule has 0 unspecified atom stereocenters. The first kappa shape index (κ1) is 26.0. The summed E-state index contributed by atoms with van der Waals surface area (Å²) in [5, 5.41) is 11.4. The molecule has 0 saturated carbocycles. The molecule has 0 bridgehead atoms. The standard InChI is InChI=1S/C22H24N2O4S.C2H6/c1-14-13-16(27-3)10-11-17(14)21(23)29-15(2)9-12-20(25)24-19-8-6-5-7-18(19)22(26)28-4;1-2/h5-8,10-11,13,23H,2,9,12H2,1,3-4H3,(H,24,25);1-2H3. The average Bonchev–Trinajstić information content (AvgIpc) is 2.78. The third-order valence-corrected chi connectivity index (χ3v) is 5.08. The summed E-state index contributed by atoms with van der Waals surface area (Å²) in [6.07, 6.45) is 0.602. The fourth-order valence-electron chi connectivity index (χ4n) is 2.61. The first-order chi connectivity index (χ1) is 14.8. The van der Waals surface area contributed by atoms with E-state index in [1.165, 1.54) is 18.9 Å². The minimum absolute atomic E-state index is 0.191. The minimum atomic E-state index is -0.510. The van der Waals surface area contributed by atoms with E-state index >= 15 is 0 Å². The number of amides is 1. The molecular weight excluding hydrogens is 412 g/mol. The van der Waals surface area contributed by atoms with Crippen LogP contribution in [0, 0.1) is 12.3 Å². The van der Waals surface area contributed by atoms with E-state index in [4.69, 9.17) is 14.9 Å². The summed E-state index contributed by atoms with van der Waals surface area (Å²) in [6.45, 7) is 9.88. The highest BCUT2D eigenvalue weighted by atomic mass is 32.2. The van der Waals surface area contributed by atoms with Crippen LogP contribution >= 0.6 is 11.8 Å². The molecule has 2 aromatic carbocycles. The van der Waals surface area contributed by atoms with E-state index in [1.807, 2.05) is 39.0 Å². The SMILES string of the molecule is C=C(CCC(=O)Nc1ccccc1C(=O)OC)SC(=N)c1ccc(OC)cc1C.CC. The second-order valence-electron chi connectivity index (χ2n) is 6.24. The summed E-state index contributed by atoms with van der Waals surface area (Å²) in [5.41, 5.74) is 2.44. The largest absolute Gasteiger partial charge is 0.497 e. The first-order valence-corrected chi connectivity index (χ1v) is 10.7. The third kappa shape index (κ3) is 7.94. The van der Waals surface area contributed by atoms with Gasteiger partial charge in [-0.25, -0.2) is 4.79 Å². The lowest BCUT2D eigenvalue weighted by molar-refractivity contribution is -0.116. The number of ether oxygens (including phenoxy) is 2. The van der Waals surface area contributed by atoms with Crippen molar-refractivity contribution in [3.63, 3.8) is 0 Å². The van der Waals surface area contributed by atoms with Gasteiger partial charge in [-0.15, -0.1) is 0 Å². The van der Waals surface area contributed by atoms with E-state index in [2.05, 4.69) is 11.9 Å². The van der Waals surface area contributed by atoms with Crippen molar-refractivity contribution in [2.24, 2.45) is 0 Å². The first-order valence-electron chi connectivity index (χ1n) is 9.92. The maximum Gasteiger partial charge on any atom is 0.339 e. The van der Waals surface area contributed by atoms with Gasteiger partial charge in [0.1, 0.15) is 5.75 Å². The average molecular weight is 443 g/mol. The molecule has 0 aliphatic heterocycles. The second-order valence-corrected chi connectivity index (χ2v) is 7.43. The summed E-state index contributed by atoms with van der Waals surface area (Å²) >= 11 is 1.23. The van der Waals surface area contributed by atoms with Gasteiger partial charge >= 0.3 is 5.97 Å². The van der Waals surface area contributed by atoms with Gasteiger partial charge in [0.15, 0.2) is 0 Å². The lowest BCUT2D eigenvalue weighted by atomic mass is 10.1. The number of para-hydroxylation sites is 1. The van der Waals surface area contributed by atoms with E-state index in [0.29, 0.717) is 27.6 Å².